The zero-order valence-corrected chi connectivity index (χ0v) is 25.1. The van der Waals surface area contributed by atoms with Gasteiger partial charge in [0.05, 0.1) is 0 Å². The van der Waals surface area contributed by atoms with E-state index in [9.17, 15) is 0 Å². The first-order valence-electron chi connectivity index (χ1n) is 10.4. The molecule has 0 N–H and O–H groups in total. The van der Waals surface area contributed by atoms with E-state index in [0.717, 1.165) is 0 Å². The number of fused-ring (bicyclic) bond motifs is 2. The van der Waals surface area contributed by atoms with E-state index in [1.807, 2.05) is 0 Å². The van der Waals surface area contributed by atoms with E-state index in [0.29, 0.717) is 15.4 Å². The standard InChI is InChI=1S/C16H13.C10H9.C2H6Ge.2ClH.Zr/c1-12-10-14-8-5-9-15(16(14)11-12)13-6-3-2-4-7-13;1-8-6-9-4-2-3-5-10(9)7-8;1-3-2;;;/h2-11H,1H3;2-7H,1H3;1-2H3;2*1H;/q2*-1;;;;+4/p-2. The molecule has 0 saturated carbocycles. The van der Waals surface area contributed by atoms with Crippen molar-refractivity contribution in [2.75, 3.05) is 0 Å². The van der Waals surface area contributed by atoms with E-state index < -0.39 is 20.8 Å². The summed E-state index contributed by atoms with van der Waals surface area (Å²) in [5.41, 5.74) is 5.30. The number of halogens is 2. The van der Waals surface area contributed by atoms with Crippen LogP contribution in [0.2, 0.25) is 11.5 Å². The van der Waals surface area contributed by atoms with Gasteiger partial charge in [-0.3, -0.25) is 0 Å². The Balaban J connectivity index is 0.000000194. The Morgan fingerprint density at radius 2 is 1.22 bits per heavy atom. The van der Waals surface area contributed by atoms with Crippen LogP contribution in [-0.4, -0.2) is 15.4 Å². The van der Waals surface area contributed by atoms with Crippen molar-refractivity contribution in [1.29, 1.82) is 0 Å². The van der Waals surface area contributed by atoms with Gasteiger partial charge in [0.15, 0.2) is 0 Å². The third-order valence-electron chi connectivity index (χ3n) is 4.74. The molecule has 4 heteroatoms. The van der Waals surface area contributed by atoms with E-state index >= 15 is 0 Å². The summed E-state index contributed by atoms with van der Waals surface area (Å²) in [6, 6.07) is 34.4. The molecule has 5 aromatic rings. The molecule has 0 aliphatic carbocycles. The molecule has 0 nitrogen and oxygen atoms in total. The first kappa shape index (κ1) is 27.1. The second kappa shape index (κ2) is 14.9. The van der Waals surface area contributed by atoms with Gasteiger partial charge < -0.3 is 0 Å². The van der Waals surface area contributed by atoms with Crippen molar-refractivity contribution in [3.63, 3.8) is 0 Å². The van der Waals surface area contributed by atoms with Gasteiger partial charge in [0.2, 0.25) is 0 Å². The molecule has 0 aromatic heterocycles. The van der Waals surface area contributed by atoms with Crippen LogP contribution in [-0.2, 0) is 20.8 Å². The van der Waals surface area contributed by atoms with Gasteiger partial charge >= 0.3 is 64.8 Å². The fraction of sp³-hybridized carbons (Fsp3) is 0.143. The van der Waals surface area contributed by atoms with E-state index in [-0.39, 0.29) is 0 Å². The van der Waals surface area contributed by atoms with Gasteiger partial charge in [0.1, 0.15) is 0 Å². The summed E-state index contributed by atoms with van der Waals surface area (Å²) >= 11 is -0.326. The van der Waals surface area contributed by atoms with Crippen LogP contribution < -0.4 is 0 Å². The average molecular weight is 599 g/mol. The second-order valence-corrected chi connectivity index (χ2v) is 13.3. The predicted molar refractivity (Wildman–Crippen MR) is 143 cm³/mol. The minimum absolute atomic E-state index is 0.500. The molecule has 0 saturated heterocycles. The molecular formula is C28H28Cl2GeZr. The first-order chi connectivity index (χ1) is 15.5. The van der Waals surface area contributed by atoms with Crippen LogP contribution in [0.3, 0.4) is 0 Å². The summed E-state index contributed by atoms with van der Waals surface area (Å²) in [6.07, 6.45) is 0. The quantitative estimate of drug-likeness (QED) is 0.133. The first-order valence-corrected chi connectivity index (χ1v) is 20.9. The van der Waals surface area contributed by atoms with Gasteiger partial charge in [0.25, 0.3) is 0 Å². The third kappa shape index (κ3) is 8.34. The maximum absolute atomic E-state index is 4.93. The maximum atomic E-state index is 4.93. The summed E-state index contributed by atoms with van der Waals surface area (Å²) in [6.45, 7) is 4.27. The van der Waals surface area contributed by atoms with E-state index in [1.165, 1.54) is 43.8 Å². The van der Waals surface area contributed by atoms with Crippen molar-refractivity contribution in [3.8, 4) is 11.1 Å². The summed E-state index contributed by atoms with van der Waals surface area (Å²) < 4.78 is 0. The Hall–Kier alpha value is -1.11. The van der Waals surface area contributed by atoms with Gasteiger partial charge in [0, 0.05) is 0 Å². The van der Waals surface area contributed by atoms with Gasteiger partial charge in [-0.25, -0.2) is 0 Å². The van der Waals surface area contributed by atoms with Crippen LogP contribution in [0.5, 0.6) is 0 Å². The van der Waals surface area contributed by atoms with E-state index in [4.69, 9.17) is 17.0 Å². The van der Waals surface area contributed by atoms with Gasteiger partial charge in [-0.1, -0.05) is 61.9 Å². The molecule has 0 aliphatic heterocycles. The second-order valence-electron chi connectivity index (χ2n) is 7.44. The molecular weight excluding hydrogens is 571 g/mol. The molecule has 2 radical (unpaired) electrons. The molecule has 0 atom stereocenters. The molecule has 5 rings (SSSR count). The number of aryl methyl sites for hydroxylation is 2. The molecule has 0 spiro atoms. The number of hydrogen-bond acceptors (Lipinski definition) is 0. The zero-order chi connectivity index (χ0) is 23.3. The van der Waals surface area contributed by atoms with Crippen LogP contribution in [0, 0.1) is 13.8 Å². The van der Waals surface area contributed by atoms with Crippen molar-refractivity contribution in [2.45, 2.75) is 25.4 Å². The monoisotopic (exact) mass is 598 g/mol. The fourth-order valence-electron chi connectivity index (χ4n) is 3.56. The van der Waals surface area contributed by atoms with Crippen molar-refractivity contribution >= 4 is 54.0 Å². The molecule has 162 valence electrons. The van der Waals surface area contributed by atoms with Crippen LogP contribution in [0.25, 0.3) is 32.7 Å². The molecule has 5 aromatic carbocycles. The molecule has 0 unspecified atom stereocenters. The average Bonchev–Trinajstić information content (AvgIpc) is 3.36. The van der Waals surface area contributed by atoms with Crippen molar-refractivity contribution in [1.82, 2.24) is 0 Å². The van der Waals surface area contributed by atoms with Crippen LogP contribution in [0.15, 0.2) is 97.1 Å². The third-order valence-corrected chi connectivity index (χ3v) is 4.74. The molecule has 0 amide bonds. The molecule has 0 aliphatic rings. The molecule has 0 bridgehead atoms. The van der Waals surface area contributed by atoms with Crippen LogP contribution >= 0.6 is 17.0 Å². The van der Waals surface area contributed by atoms with Crippen molar-refractivity contribution in [2.24, 2.45) is 0 Å². The topological polar surface area (TPSA) is 0 Å². The molecule has 0 fully saturated rings. The summed E-state index contributed by atoms with van der Waals surface area (Å²) in [5.74, 6) is 4.50. The van der Waals surface area contributed by atoms with E-state index in [1.54, 1.807) is 0 Å². The van der Waals surface area contributed by atoms with Crippen molar-refractivity contribution in [3.05, 3.63) is 108 Å². The Kier molecular flexibility index (Phi) is 12.6. The SMILES string of the molecule is Cc1cc2c(-c3ccccc3)cccc2[cH-]1.Cc1cc2ccccc2[cH-]1.[CH3][Ge][CH3].[Cl][Zr+2][Cl]. The van der Waals surface area contributed by atoms with Gasteiger partial charge in [-0.2, -0.15) is 12.1 Å². The van der Waals surface area contributed by atoms with Crippen LogP contribution in [0.4, 0.5) is 0 Å². The summed E-state index contributed by atoms with van der Waals surface area (Å²) in [7, 11) is 9.87. The Bertz CT molecular complexity index is 1160. The zero-order valence-electron chi connectivity index (χ0n) is 19.0. The number of hydrogen-bond donors (Lipinski definition) is 0. The van der Waals surface area contributed by atoms with Gasteiger partial charge in [-0.05, 0) is 5.56 Å². The Morgan fingerprint density at radius 1 is 0.688 bits per heavy atom. The predicted octanol–water partition coefficient (Wildman–Crippen LogP) is 9.56. The normalized spacial score (nSPS) is 9.56. The van der Waals surface area contributed by atoms with E-state index in [2.05, 4.69) is 122 Å². The van der Waals surface area contributed by atoms with Crippen LogP contribution in [0.1, 0.15) is 11.1 Å². The fourth-order valence-corrected chi connectivity index (χ4v) is 3.56. The van der Waals surface area contributed by atoms with Crippen molar-refractivity contribution < 1.29 is 20.8 Å². The molecule has 0 heterocycles. The summed E-state index contributed by atoms with van der Waals surface area (Å²) in [5, 5.41) is 5.38. The number of benzene rings is 3. The Labute approximate surface area is 217 Å². The summed E-state index contributed by atoms with van der Waals surface area (Å²) in [4.78, 5) is 0. The number of rotatable bonds is 1. The minimum atomic E-state index is -0.826. The Morgan fingerprint density at radius 3 is 1.88 bits per heavy atom. The van der Waals surface area contributed by atoms with Gasteiger partial charge in [-0.15, -0.1) is 75.1 Å². The molecule has 32 heavy (non-hydrogen) atoms.